The summed E-state index contributed by atoms with van der Waals surface area (Å²) in [5.74, 6) is 3.83. The number of fused-ring (bicyclic) bond motifs is 1. The van der Waals surface area contributed by atoms with Gasteiger partial charge in [0.1, 0.15) is 5.00 Å². The molecule has 0 saturated heterocycles. The number of nitrogens with one attached hydrogen (secondary N) is 1. The first-order valence-electron chi connectivity index (χ1n) is 8.98. The van der Waals surface area contributed by atoms with Crippen molar-refractivity contribution in [3.63, 3.8) is 0 Å². The molecule has 2 fully saturated rings. The summed E-state index contributed by atoms with van der Waals surface area (Å²) in [6.45, 7) is 0. The Hall–Kier alpha value is -1.20. The summed E-state index contributed by atoms with van der Waals surface area (Å²) >= 11 is 3.79. The quantitative estimate of drug-likeness (QED) is 0.867. The fraction of sp³-hybridized carbons (Fsp3) is 0.526. The van der Waals surface area contributed by atoms with Crippen LogP contribution in [0.2, 0.25) is 0 Å². The van der Waals surface area contributed by atoms with E-state index in [2.05, 4.69) is 22.3 Å². The molecule has 24 heavy (non-hydrogen) atoms. The van der Waals surface area contributed by atoms with Crippen LogP contribution in [-0.2, 0) is 12.2 Å². The number of amides is 1. The topological polar surface area (TPSA) is 34.0 Å². The number of hydrogen-bond acceptors (Lipinski definition) is 3. The number of nitrogens with zero attached hydrogens (tertiary/aromatic N) is 1. The van der Waals surface area contributed by atoms with Gasteiger partial charge in [0.05, 0.1) is 5.56 Å². The molecule has 1 N–H and O–H groups in total. The highest BCUT2D eigenvalue weighted by Crippen LogP contribution is 2.45. The van der Waals surface area contributed by atoms with Crippen LogP contribution in [0.15, 0.2) is 24.5 Å². The second-order valence-electron chi connectivity index (χ2n) is 7.25. The van der Waals surface area contributed by atoms with Crippen molar-refractivity contribution in [1.82, 2.24) is 9.88 Å². The monoisotopic (exact) mass is 358 g/mol. The van der Waals surface area contributed by atoms with Gasteiger partial charge in [-0.15, -0.1) is 11.3 Å². The van der Waals surface area contributed by atoms with Gasteiger partial charge < -0.3 is 9.88 Å². The maximum Gasteiger partial charge on any atom is 0.254 e. The van der Waals surface area contributed by atoms with Crippen LogP contribution in [0.5, 0.6) is 0 Å². The molecule has 0 radical (unpaired) electrons. The molecular weight excluding hydrogens is 336 g/mol. The minimum Gasteiger partial charge on any atom is -0.349 e. The summed E-state index contributed by atoms with van der Waals surface area (Å²) < 4.78 is 2.12. The van der Waals surface area contributed by atoms with Crippen LogP contribution in [0.3, 0.4) is 0 Å². The molecule has 0 spiro atoms. The molecule has 3 aliphatic rings. The normalized spacial score (nSPS) is 20.2. The van der Waals surface area contributed by atoms with Crippen molar-refractivity contribution < 1.29 is 4.79 Å². The molecule has 126 valence electrons. The minimum atomic E-state index is 0.173. The van der Waals surface area contributed by atoms with Crippen molar-refractivity contribution in [2.45, 2.75) is 43.9 Å². The zero-order valence-electron chi connectivity index (χ0n) is 13.7. The van der Waals surface area contributed by atoms with E-state index >= 15 is 0 Å². The largest absolute Gasteiger partial charge is 0.349 e. The lowest BCUT2D eigenvalue weighted by Gasteiger charge is -2.19. The first kappa shape index (κ1) is 15.1. The van der Waals surface area contributed by atoms with Gasteiger partial charge in [0.15, 0.2) is 0 Å². The van der Waals surface area contributed by atoms with E-state index in [0.29, 0.717) is 6.04 Å². The van der Waals surface area contributed by atoms with Crippen LogP contribution < -0.4 is 5.32 Å². The van der Waals surface area contributed by atoms with E-state index in [4.69, 9.17) is 0 Å². The lowest BCUT2D eigenvalue weighted by Crippen LogP contribution is -2.38. The summed E-state index contributed by atoms with van der Waals surface area (Å²) in [4.78, 5) is 14.6. The van der Waals surface area contributed by atoms with E-state index in [1.165, 1.54) is 36.1 Å². The third kappa shape index (κ3) is 2.72. The first-order valence-corrected chi connectivity index (χ1v) is 10.9. The van der Waals surface area contributed by atoms with Crippen molar-refractivity contribution in [3.05, 3.63) is 40.5 Å². The maximum absolute atomic E-state index is 13.2. The molecule has 2 saturated carbocycles. The molecule has 3 nitrogen and oxygen atoms in total. The average Bonchev–Trinajstić information content (AvgIpc) is 3.51. The Balaban J connectivity index is 1.51. The fourth-order valence-electron chi connectivity index (χ4n) is 3.86. The number of rotatable bonds is 5. The van der Waals surface area contributed by atoms with Gasteiger partial charge in [0.25, 0.3) is 5.91 Å². The summed E-state index contributed by atoms with van der Waals surface area (Å²) in [5, 5.41) is 4.55. The summed E-state index contributed by atoms with van der Waals surface area (Å²) in [6.07, 6.45) is 10.3. The van der Waals surface area contributed by atoms with Crippen LogP contribution in [0.4, 0.5) is 0 Å². The predicted octanol–water partition coefficient (Wildman–Crippen LogP) is 4.25. The number of carbonyl (C=O) groups excluding carboxylic acids is 1. The zero-order chi connectivity index (χ0) is 16.1. The van der Waals surface area contributed by atoms with E-state index in [1.807, 2.05) is 23.9 Å². The molecule has 2 aromatic rings. The van der Waals surface area contributed by atoms with Gasteiger partial charge in [-0.2, -0.15) is 11.8 Å². The first-order chi connectivity index (χ1) is 11.8. The molecule has 1 aliphatic heterocycles. The Morgan fingerprint density at radius 3 is 2.54 bits per heavy atom. The molecule has 2 aromatic heterocycles. The van der Waals surface area contributed by atoms with Crippen LogP contribution >= 0.6 is 23.1 Å². The second kappa shape index (κ2) is 5.95. The van der Waals surface area contributed by atoms with E-state index in [-0.39, 0.29) is 5.91 Å². The smallest absolute Gasteiger partial charge is 0.254 e. The van der Waals surface area contributed by atoms with Gasteiger partial charge in [-0.1, -0.05) is 0 Å². The van der Waals surface area contributed by atoms with E-state index in [9.17, 15) is 4.79 Å². The predicted molar refractivity (Wildman–Crippen MR) is 100 cm³/mol. The Kier molecular flexibility index (Phi) is 3.74. The molecule has 5 heteroatoms. The molecule has 0 bridgehead atoms. The Morgan fingerprint density at radius 1 is 1.17 bits per heavy atom. The van der Waals surface area contributed by atoms with Gasteiger partial charge in [0, 0.05) is 29.1 Å². The van der Waals surface area contributed by atoms with E-state index in [1.54, 1.807) is 11.3 Å². The third-order valence-corrected chi connectivity index (χ3v) is 7.84. The third-order valence-electron chi connectivity index (χ3n) is 5.43. The van der Waals surface area contributed by atoms with Crippen molar-refractivity contribution in [1.29, 1.82) is 0 Å². The van der Waals surface area contributed by atoms with Gasteiger partial charge >= 0.3 is 0 Å². The highest BCUT2D eigenvalue weighted by atomic mass is 32.2. The summed E-state index contributed by atoms with van der Waals surface area (Å²) in [5.41, 5.74) is 2.27. The molecule has 1 amide bonds. The van der Waals surface area contributed by atoms with Gasteiger partial charge in [-0.05, 0) is 67.4 Å². The van der Waals surface area contributed by atoms with Crippen LogP contribution in [-0.4, -0.2) is 22.3 Å². The molecule has 3 heterocycles. The minimum absolute atomic E-state index is 0.173. The van der Waals surface area contributed by atoms with Crippen molar-refractivity contribution >= 4 is 29.0 Å². The van der Waals surface area contributed by atoms with Gasteiger partial charge in [0.2, 0.25) is 0 Å². The summed E-state index contributed by atoms with van der Waals surface area (Å²) in [7, 11) is 0. The second-order valence-corrected chi connectivity index (χ2v) is 9.44. The maximum atomic E-state index is 13.2. The molecule has 0 atom stereocenters. The van der Waals surface area contributed by atoms with Crippen LogP contribution in [0.1, 0.15) is 46.5 Å². The van der Waals surface area contributed by atoms with E-state index < -0.39 is 0 Å². The zero-order valence-corrected chi connectivity index (χ0v) is 15.3. The van der Waals surface area contributed by atoms with Crippen molar-refractivity contribution in [2.24, 2.45) is 11.8 Å². The SMILES string of the molecule is O=C(NC(C1CC1)C1CC1)c1c(-n2cccc2)sc2c1CCSC2. The van der Waals surface area contributed by atoms with Crippen LogP contribution in [0.25, 0.3) is 5.00 Å². The average molecular weight is 359 g/mol. The highest BCUT2D eigenvalue weighted by molar-refractivity contribution is 7.98. The Labute approximate surface area is 150 Å². The lowest BCUT2D eigenvalue weighted by atomic mass is 10.0. The molecular formula is C19H22N2OS2. The number of thiophene rings is 1. The van der Waals surface area contributed by atoms with Gasteiger partial charge in [-0.3, -0.25) is 4.79 Å². The molecule has 2 aliphatic carbocycles. The highest BCUT2D eigenvalue weighted by Gasteiger charge is 2.43. The number of thioether (sulfide) groups is 1. The van der Waals surface area contributed by atoms with E-state index in [0.717, 1.165) is 40.3 Å². The fourth-order valence-corrected chi connectivity index (χ4v) is 6.30. The Morgan fingerprint density at radius 2 is 1.88 bits per heavy atom. The molecule has 0 unspecified atom stereocenters. The Bertz CT molecular complexity index is 745. The molecule has 5 rings (SSSR count). The van der Waals surface area contributed by atoms with Gasteiger partial charge in [-0.25, -0.2) is 0 Å². The lowest BCUT2D eigenvalue weighted by molar-refractivity contribution is 0.0926. The number of hydrogen-bond donors (Lipinski definition) is 1. The number of aromatic nitrogens is 1. The summed E-state index contributed by atoms with van der Waals surface area (Å²) in [6, 6.07) is 4.49. The standard InChI is InChI=1S/C19H22N2OS2/c22-18(20-17(12-3-4-12)13-5-6-13)16-14-7-10-23-11-15(14)24-19(16)21-8-1-2-9-21/h1-2,8-9,12-13,17H,3-7,10-11H2,(H,20,22). The van der Waals surface area contributed by atoms with Crippen LogP contribution in [0, 0.1) is 11.8 Å². The van der Waals surface area contributed by atoms with Crippen molar-refractivity contribution in [2.75, 3.05) is 5.75 Å². The van der Waals surface area contributed by atoms with Crippen molar-refractivity contribution in [3.8, 4) is 5.00 Å². The molecule has 0 aromatic carbocycles. The number of carbonyl (C=O) groups is 1.